The van der Waals surface area contributed by atoms with Gasteiger partial charge in [-0.05, 0) is 54.8 Å². The van der Waals surface area contributed by atoms with Crippen LogP contribution in [0.15, 0.2) is 82.2 Å². The van der Waals surface area contributed by atoms with Crippen molar-refractivity contribution in [3.63, 3.8) is 0 Å². The molecule has 0 saturated carbocycles. The summed E-state index contributed by atoms with van der Waals surface area (Å²) in [6.45, 7) is 5.53. The molecule has 0 aromatic heterocycles. The number of sulfonamides is 1. The molecule has 0 saturated heterocycles. The summed E-state index contributed by atoms with van der Waals surface area (Å²) in [5.41, 5.74) is 0.758. The first kappa shape index (κ1) is 31.9. The number of rotatable bonds is 12. The largest absolute Gasteiger partial charge is 0.354 e. The van der Waals surface area contributed by atoms with Gasteiger partial charge in [0.1, 0.15) is 12.6 Å². The lowest BCUT2D eigenvalue weighted by atomic mass is 10.1. The number of carbonyl (C=O) groups is 2. The highest BCUT2D eigenvalue weighted by molar-refractivity contribution is 9.10. The van der Waals surface area contributed by atoms with E-state index >= 15 is 0 Å². The molecule has 11 heteroatoms. The Hall–Kier alpha value is -2.59. The van der Waals surface area contributed by atoms with Crippen LogP contribution in [-0.4, -0.2) is 44.3 Å². The average Bonchev–Trinajstić information content (AvgIpc) is 2.92. The van der Waals surface area contributed by atoms with Crippen LogP contribution in [0.25, 0.3) is 0 Å². The number of carbonyl (C=O) groups excluding carboxylic acids is 2. The van der Waals surface area contributed by atoms with Crippen LogP contribution in [0.2, 0.25) is 10.0 Å². The maximum atomic E-state index is 14.1. The van der Waals surface area contributed by atoms with E-state index in [0.717, 1.165) is 4.31 Å². The number of hydrogen-bond acceptors (Lipinski definition) is 4. The molecule has 7 nitrogen and oxygen atoms in total. The fourth-order valence-electron chi connectivity index (χ4n) is 4.08. The predicted octanol–water partition coefficient (Wildman–Crippen LogP) is 6.53. The van der Waals surface area contributed by atoms with Gasteiger partial charge in [-0.1, -0.05) is 90.2 Å². The van der Waals surface area contributed by atoms with Crippen LogP contribution in [-0.2, 0) is 26.2 Å². The highest BCUT2D eigenvalue weighted by Crippen LogP contribution is 2.29. The van der Waals surface area contributed by atoms with E-state index in [9.17, 15) is 18.0 Å². The predicted molar refractivity (Wildman–Crippen MR) is 164 cm³/mol. The summed E-state index contributed by atoms with van der Waals surface area (Å²) in [6, 6.07) is 18.7. The third kappa shape index (κ3) is 8.00. The zero-order chi connectivity index (χ0) is 29.4. The van der Waals surface area contributed by atoms with Crippen molar-refractivity contribution in [1.82, 2.24) is 10.2 Å². The van der Waals surface area contributed by atoms with Gasteiger partial charge in [0.2, 0.25) is 11.8 Å². The Balaban J connectivity index is 2.08. The number of nitrogens with zero attached hydrogens (tertiary/aromatic N) is 2. The molecule has 0 spiro atoms. The van der Waals surface area contributed by atoms with Gasteiger partial charge in [-0.2, -0.15) is 0 Å². The van der Waals surface area contributed by atoms with Gasteiger partial charge in [-0.25, -0.2) is 8.42 Å². The molecule has 0 radical (unpaired) electrons. The van der Waals surface area contributed by atoms with Crippen molar-refractivity contribution in [3.8, 4) is 0 Å². The molecule has 40 heavy (non-hydrogen) atoms. The fourth-order valence-corrected chi connectivity index (χ4v) is 6.41. The highest BCUT2D eigenvalue weighted by Gasteiger charge is 2.34. The van der Waals surface area contributed by atoms with Crippen LogP contribution < -0.4 is 9.62 Å². The van der Waals surface area contributed by atoms with Crippen LogP contribution in [0.1, 0.15) is 32.8 Å². The average molecular weight is 669 g/mol. The molecule has 0 aliphatic rings. The van der Waals surface area contributed by atoms with Gasteiger partial charge < -0.3 is 10.2 Å². The molecular formula is C29H32BrCl2N3O4S. The SMILES string of the molecule is CCC(C(=O)NCC(C)C)N(Cc1c(Cl)cccc1Cl)C(=O)CN(c1cccc(Br)c1)S(=O)(=O)c1ccccc1. The first-order valence-electron chi connectivity index (χ1n) is 12.8. The second-order valence-electron chi connectivity index (χ2n) is 9.59. The number of anilines is 1. The highest BCUT2D eigenvalue weighted by atomic mass is 79.9. The number of halogens is 3. The molecule has 3 aromatic rings. The molecule has 3 rings (SSSR count). The van der Waals surface area contributed by atoms with Crippen molar-refractivity contribution in [2.75, 3.05) is 17.4 Å². The van der Waals surface area contributed by atoms with E-state index in [1.54, 1.807) is 67.6 Å². The third-order valence-electron chi connectivity index (χ3n) is 6.17. The van der Waals surface area contributed by atoms with E-state index in [1.807, 2.05) is 13.8 Å². The minimum absolute atomic E-state index is 0.0326. The maximum absolute atomic E-state index is 14.1. The fraction of sp³-hybridized carbons (Fsp3) is 0.310. The van der Waals surface area contributed by atoms with Crippen molar-refractivity contribution in [1.29, 1.82) is 0 Å². The van der Waals surface area contributed by atoms with Gasteiger partial charge in [0.05, 0.1) is 10.6 Å². The molecule has 3 aromatic carbocycles. The Kier molecular flexibility index (Phi) is 11.5. The van der Waals surface area contributed by atoms with Gasteiger partial charge in [0.25, 0.3) is 10.0 Å². The number of amides is 2. The number of hydrogen-bond donors (Lipinski definition) is 1. The Morgan fingerprint density at radius 2 is 1.57 bits per heavy atom. The molecule has 214 valence electrons. The molecule has 1 atom stereocenters. The first-order chi connectivity index (χ1) is 18.9. The van der Waals surface area contributed by atoms with Crippen molar-refractivity contribution in [3.05, 3.63) is 92.9 Å². The Bertz CT molecular complexity index is 1420. The molecule has 1 unspecified atom stereocenters. The van der Waals surface area contributed by atoms with E-state index in [1.165, 1.54) is 17.0 Å². The molecule has 1 N–H and O–H groups in total. The molecular weight excluding hydrogens is 637 g/mol. The lowest BCUT2D eigenvalue weighted by Gasteiger charge is -2.33. The van der Waals surface area contributed by atoms with Gasteiger partial charge in [-0.15, -0.1) is 0 Å². The topological polar surface area (TPSA) is 86.8 Å². The van der Waals surface area contributed by atoms with E-state index in [0.29, 0.717) is 38.7 Å². The van der Waals surface area contributed by atoms with E-state index < -0.39 is 28.5 Å². The number of nitrogens with one attached hydrogen (secondary N) is 1. The standard InChI is InChI=1S/C29H32BrCl2N3O4S/c1-4-27(29(37)33-17-20(2)3)34(18-24-25(31)14-9-15-26(24)32)28(36)19-35(22-11-8-10-21(30)16-22)40(38,39)23-12-6-5-7-13-23/h5-16,20,27H,4,17-19H2,1-3H3,(H,33,37). The van der Waals surface area contributed by atoms with Gasteiger partial charge >= 0.3 is 0 Å². The molecule has 0 aliphatic heterocycles. The van der Waals surface area contributed by atoms with Gasteiger partial charge in [-0.3, -0.25) is 13.9 Å². The van der Waals surface area contributed by atoms with Gasteiger partial charge in [0.15, 0.2) is 0 Å². The monoisotopic (exact) mass is 667 g/mol. The number of benzene rings is 3. The normalized spacial score (nSPS) is 12.2. The van der Waals surface area contributed by atoms with E-state index in [4.69, 9.17) is 23.2 Å². The zero-order valence-electron chi connectivity index (χ0n) is 22.5. The van der Waals surface area contributed by atoms with Crippen LogP contribution in [0.5, 0.6) is 0 Å². The van der Waals surface area contributed by atoms with Crippen LogP contribution in [0.3, 0.4) is 0 Å². The Labute approximate surface area is 254 Å². The summed E-state index contributed by atoms with van der Waals surface area (Å²) < 4.78 is 29.4. The van der Waals surface area contributed by atoms with E-state index in [-0.39, 0.29) is 23.3 Å². The summed E-state index contributed by atoms with van der Waals surface area (Å²) >= 11 is 16.3. The summed E-state index contributed by atoms with van der Waals surface area (Å²) in [7, 11) is -4.15. The summed E-state index contributed by atoms with van der Waals surface area (Å²) in [4.78, 5) is 28.8. The van der Waals surface area contributed by atoms with Crippen LogP contribution >= 0.6 is 39.1 Å². The molecule has 0 fully saturated rings. The lowest BCUT2D eigenvalue weighted by molar-refractivity contribution is -0.140. The summed E-state index contributed by atoms with van der Waals surface area (Å²) in [6.07, 6.45) is 0.292. The van der Waals surface area contributed by atoms with Crippen molar-refractivity contribution in [2.45, 2.75) is 44.7 Å². The molecule has 0 heterocycles. The van der Waals surface area contributed by atoms with Crippen LogP contribution in [0.4, 0.5) is 5.69 Å². The smallest absolute Gasteiger partial charge is 0.264 e. The second kappa shape index (κ2) is 14.3. The van der Waals surface area contributed by atoms with Gasteiger partial charge in [0, 0.05) is 33.2 Å². The van der Waals surface area contributed by atoms with Crippen molar-refractivity contribution >= 4 is 66.7 Å². The molecule has 0 aliphatic carbocycles. The van der Waals surface area contributed by atoms with Crippen molar-refractivity contribution in [2.24, 2.45) is 5.92 Å². The minimum Gasteiger partial charge on any atom is -0.354 e. The third-order valence-corrected chi connectivity index (χ3v) is 9.16. The Morgan fingerprint density at radius 1 is 0.950 bits per heavy atom. The van der Waals surface area contributed by atoms with Crippen LogP contribution in [0, 0.1) is 5.92 Å². The molecule has 0 bridgehead atoms. The second-order valence-corrected chi connectivity index (χ2v) is 13.2. The lowest BCUT2D eigenvalue weighted by Crippen LogP contribution is -2.52. The molecule has 2 amide bonds. The van der Waals surface area contributed by atoms with E-state index in [2.05, 4.69) is 21.2 Å². The first-order valence-corrected chi connectivity index (χ1v) is 15.8. The minimum atomic E-state index is -4.15. The zero-order valence-corrected chi connectivity index (χ0v) is 26.4. The Morgan fingerprint density at radius 3 is 2.15 bits per heavy atom. The summed E-state index contributed by atoms with van der Waals surface area (Å²) in [5, 5.41) is 3.57. The van der Waals surface area contributed by atoms with Crippen molar-refractivity contribution < 1.29 is 18.0 Å². The maximum Gasteiger partial charge on any atom is 0.264 e. The summed E-state index contributed by atoms with van der Waals surface area (Å²) in [5.74, 6) is -0.721. The quantitative estimate of drug-likeness (QED) is 0.238.